The van der Waals surface area contributed by atoms with Crippen molar-refractivity contribution in [2.24, 2.45) is 5.92 Å². The number of hydrogen-bond acceptors (Lipinski definition) is 0. The molecule has 1 nitrogen and oxygen atoms in total. The highest BCUT2D eigenvalue weighted by Gasteiger charge is 2.15. The molecule has 0 saturated carbocycles. The Bertz CT molecular complexity index is 925. The summed E-state index contributed by atoms with van der Waals surface area (Å²) in [4.78, 5) is 0. The molecular formula is C22H27N. The molecule has 2 aromatic rings. The number of nitrogens with zero attached hydrogens (tertiary/aromatic N) is 1. The largest absolute Gasteiger partial charge is 0.310 e. The van der Waals surface area contributed by atoms with Gasteiger partial charge in [-0.25, -0.2) is 0 Å². The van der Waals surface area contributed by atoms with Crippen LogP contribution in [0.5, 0.6) is 0 Å². The van der Waals surface area contributed by atoms with Crippen molar-refractivity contribution in [3.8, 4) is 5.69 Å². The number of benzene rings is 1. The van der Waals surface area contributed by atoms with Crippen LogP contribution >= 0.6 is 0 Å². The summed E-state index contributed by atoms with van der Waals surface area (Å²) in [5.74, 6) is 0.582. The van der Waals surface area contributed by atoms with Gasteiger partial charge in [0.15, 0.2) is 0 Å². The van der Waals surface area contributed by atoms with Gasteiger partial charge in [0.2, 0.25) is 0 Å². The van der Waals surface area contributed by atoms with Crippen molar-refractivity contribution in [1.82, 2.24) is 4.57 Å². The Morgan fingerprint density at radius 3 is 2.52 bits per heavy atom. The van der Waals surface area contributed by atoms with Gasteiger partial charge >= 0.3 is 0 Å². The van der Waals surface area contributed by atoms with Crippen LogP contribution in [0.1, 0.15) is 47.0 Å². The van der Waals surface area contributed by atoms with Crippen molar-refractivity contribution in [3.05, 3.63) is 51.5 Å². The summed E-state index contributed by atoms with van der Waals surface area (Å²) in [5, 5.41) is 5.62. The summed E-state index contributed by atoms with van der Waals surface area (Å²) >= 11 is 0. The molecule has 1 heteroatoms. The lowest BCUT2D eigenvalue weighted by Gasteiger charge is -2.16. The summed E-state index contributed by atoms with van der Waals surface area (Å²) in [6.45, 7) is 9.03. The third kappa shape index (κ3) is 2.69. The normalized spacial score (nSPS) is 16.0. The van der Waals surface area contributed by atoms with Crippen LogP contribution in [0.2, 0.25) is 0 Å². The second-order valence-corrected chi connectivity index (χ2v) is 6.56. The molecular weight excluding hydrogens is 278 g/mol. The zero-order valence-electron chi connectivity index (χ0n) is 14.8. The highest BCUT2D eigenvalue weighted by molar-refractivity contribution is 5.55. The van der Waals surface area contributed by atoms with Gasteiger partial charge in [-0.3, -0.25) is 0 Å². The van der Waals surface area contributed by atoms with Crippen LogP contribution < -0.4 is 21.1 Å². The van der Waals surface area contributed by atoms with Gasteiger partial charge in [-0.15, -0.1) is 0 Å². The van der Waals surface area contributed by atoms with E-state index in [1.54, 1.807) is 5.57 Å². The maximum Gasteiger partial charge on any atom is 0.0532 e. The first-order valence-electron chi connectivity index (χ1n) is 8.85. The Kier molecular flexibility index (Phi) is 4.56. The predicted octanol–water partition coefficient (Wildman–Crippen LogP) is 2.85. The quantitative estimate of drug-likeness (QED) is 0.822. The first kappa shape index (κ1) is 15.9. The molecule has 0 atom stereocenters. The number of hydrogen-bond donors (Lipinski definition) is 0. The summed E-state index contributed by atoms with van der Waals surface area (Å²) in [6, 6.07) is 10.8. The van der Waals surface area contributed by atoms with Crippen molar-refractivity contribution < 1.29 is 0 Å². The van der Waals surface area contributed by atoms with E-state index in [2.05, 4.69) is 80.8 Å². The molecule has 1 aromatic carbocycles. The highest BCUT2D eigenvalue weighted by atomic mass is 15.0. The number of aromatic nitrogens is 1. The Balaban J connectivity index is 2.61. The van der Waals surface area contributed by atoms with Gasteiger partial charge in [-0.1, -0.05) is 57.2 Å². The predicted molar refractivity (Wildman–Crippen MR) is 101 cm³/mol. The molecule has 0 spiro atoms. The van der Waals surface area contributed by atoms with Crippen LogP contribution in [0.4, 0.5) is 0 Å². The minimum atomic E-state index is 0.582. The highest BCUT2D eigenvalue weighted by Crippen LogP contribution is 2.17. The Morgan fingerprint density at radius 2 is 1.91 bits per heavy atom. The molecule has 3 rings (SSSR count). The standard InChI is InChI=1S/C22H27N/c1-5-11-19-20-15-10-14-18(16(3)4)22(20)23(21(19)6-2)17-12-8-7-9-13-17/h6-9,11-13,15-16H,5,10,14H2,1-4H3/b19-11-,21-6+. The van der Waals surface area contributed by atoms with E-state index >= 15 is 0 Å². The maximum absolute atomic E-state index is 2.47. The molecule has 0 bridgehead atoms. The van der Waals surface area contributed by atoms with E-state index in [0.29, 0.717) is 5.92 Å². The van der Waals surface area contributed by atoms with E-state index in [4.69, 9.17) is 0 Å². The fraction of sp³-hybridized carbons (Fsp3) is 0.364. The van der Waals surface area contributed by atoms with Gasteiger partial charge in [0.25, 0.3) is 0 Å². The minimum Gasteiger partial charge on any atom is -0.310 e. The molecule has 0 saturated heterocycles. The summed E-state index contributed by atoms with van der Waals surface area (Å²) in [5.41, 5.74) is 2.85. The van der Waals surface area contributed by atoms with E-state index in [1.165, 1.54) is 33.2 Å². The molecule has 0 N–H and O–H groups in total. The average Bonchev–Trinajstić information content (AvgIpc) is 2.89. The van der Waals surface area contributed by atoms with Gasteiger partial charge in [0, 0.05) is 21.5 Å². The SMILES string of the molecule is C/C=c1\c(=C/CC)c2c(n1-c1ccccc1)=C(C(C)C)CCC=2. The van der Waals surface area contributed by atoms with Gasteiger partial charge in [-0.05, 0) is 49.8 Å². The van der Waals surface area contributed by atoms with E-state index < -0.39 is 0 Å². The fourth-order valence-corrected chi connectivity index (χ4v) is 3.75. The lowest BCUT2D eigenvalue weighted by molar-refractivity contribution is 0.781. The second-order valence-electron chi connectivity index (χ2n) is 6.56. The second kappa shape index (κ2) is 6.62. The third-order valence-corrected chi connectivity index (χ3v) is 4.75. The van der Waals surface area contributed by atoms with Crippen LogP contribution in [0.15, 0.2) is 30.3 Å². The van der Waals surface area contributed by atoms with Crippen LogP contribution in [-0.2, 0) is 0 Å². The zero-order chi connectivity index (χ0) is 16.4. The molecule has 1 heterocycles. The monoisotopic (exact) mass is 305 g/mol. The molecule has 1 aromatic heterocycles. The van der Waals surface area contributed by atoms with Crippen molar-refractivity contribution in [3.63, 3.8) is 0 Å². The number of para-hydroxylation sites is 1. The summed E-state index contributed by atoms with van der Waals surface area (Å²) in [7, 11) is 0. The fourth-order valence-electron chi connectivity index (χ4n) is 3.75. The average molecular weight is 305 g/mol. The van der Waals surface area contributed by atoms with Crippen LogP contribution in [0.25, 0.3) is 29.5 Å². The topological polar surface area (TPSA) is 4.93 Å². The smallest absolute Gasteiger partial charge is 0.0532 e. The van der Waals surface area contributed by atoms with Crippen LogP contribution in [0.3, 0.4) is 0 Å². The molecule has 0 fully saturated rings. The van der Waals surface area contributed by atoms with Gasteiger partial charge in [0.1, 0.15) is 0 Å². The summed E-state index contributed by atoms with van der Waals surface area (Å²) < 4.78 is 2.47. The molecule has 1 aliphatic rings. The first-order valence-corrected chi connectivity index (χ1v) is 8.85. The molecule has 120 valence electrons. The van der Waals surface area contributed by atoms with Crippen molar-refractivity contribution in [2.75, 3.05) is 0 Å². The Hall–Kier alpha value is -2.02. The van der Waals surface area contributed by atoms with E-state index in [1.807, 2.05) is 0 Å². The molecule has 0 aliphatic heterocycles. The lowest BCUT2D eigenvalue weighted by atomic mass is 9.94. The van der Waals surface area contributed by atoms with Crippen LogP contribution in [0, 0.1) is 5.92 Å². The first-order chi connectivity index (χ1) is 11.2. The van der Waals surface area contributed by atoms with Gasteiger partial charge < -0.3 is 4.57 Å². The Morgan fingerprint density at radius 1 is 1.17 bits per heavy atom. The van der Waals surface area contributed by atoms with Crippen molar-refractivity contribution >= 4 is 23.8 Å². The molecule has 1 aliphatic carbocycles. The van der Waals surface area contributed by atoms with Crippen molar-refractivity contribution in [1.29, 1.82) is 0 Å². The molecule has 0 unspecified atom stereocenters. The van der Waals surface area contributed by atoms with E-state index in [-0.39, 0.29) is 0 Å². The number of fused-ring (bicyclic) bond motifs is 1. The number of rotatable bonds is 3. The van der Waals surface area contributed by atoms with E-state index in [0.717, 1.165) is 12.8 Å². The lowest BCUT2D eigenvalue weighted by Crippen LogP contribution is -2.40. The third-order valence-electron chi connectivity index (χ3n) is 4.75. The maximum atomic E-state index is 2.47. The van der Waals surface area contributed by atoms with Gasteiger partial charge in [0.05, 0.1) is 5.35 Å². The molecule has 0 amide bonds. The summed E-state index contributed by atoms with van der Waals surface area (Å²) in [6.07, 6.45) is 10.5. The Labute approximate surface area is 139 Å². The zero-order valence-corrected chi connectivity index (χ0v) is 14.8. The molecule has 23 heavy (non-hydrogen) atoms. The minimum absolute atomic E-state index is 0.582. The van der Waals surface area contributed by atoms with E-state index in [9.17, 15) is 0 Å². The van der Waals surface area contributed by atoms with Crippen molar-refractivity contribution in [2.45, 2.75) is 47.0 Å². The molecule has 0 radical (unpaired) electrons. The van der Waals surface area contributed by atoms with Gasteiger partial charge in [-0.2, -0.15) is 0 Å². The van der Waals surface area contributed by atoms with Crippen LogP contribution in [-0.4, -0.2) is 4.57 Å².